The molecule has 3 unspecified atom stereocenters. The van der Waals surface area contributed by atoms with Crippen LogP contribution < -0.4 is 0 Å². The lowest BCUT2D eigenvalue weighted by Gasteiger charge is -2.62. The van der Waals surface area contributed by atoms with Gasteiger partial charge in [0.15, 0.2) is 5.84 Å². The summed E-state index contributed by atoms with van der Waals surface area (Å²) in [6.07, 6.45) is 11.0. The second kappa shape index (κ2) is 13.6. The molecule has 0 amide bonds. The topological polar surface area (TPSA) is 48.5 Å². The van der Waals surface area contributed by atoms with E-state index in [0.29, 0.717) is 0 Å². The minimum absolute atomic E-state index is 0.0750. The average Bonchev–Trinajstić information content (AvgIpc) is 3.75. The lowest BCUT2D eigenvalue weighted by atomic mass is 9.41. The van der Waals surface area contributed by atoms with Crippen LogP contribution in [-0.4, -0.2) is 11.5 Å². The SMILES string of the molecule is CC1C/C=C(\c2ccc3c(c2)sc2cc(C45CC6CC(CC(c7ccc(C#N)cc7)(C6)C4)C5)ccc23)N=C(c2ccccc2)N=C1c1ccc2c(c1)C(C)(C)c1ccccc1-2. The van der Waals surface area contributed by atoms with Crippen LogP contribution in [0, 0.1) is 29.1 Å². The van der Waals surface area contributed by atoms with Gasteiger partial charge in [0.2, 0.25) is 0 Å². The highest BCUT2D eigenvalue weighted by Crippen LogP contribution is 2.66. The van der Waals surface area contributed by atoms with E-state index in [2.05, 4.69) is 154 Å². The Morgan fingerprint density at radius 3 is 2.05 bits per heavy atom. The summed E-state index contributed by atoms with van der Waals surface area (Å²) in [7, 11) is 0. The summed E-state index contributed by atoms with van der Waals surface area (Å²) in [5.74, 6) is 2.50. The Kier molecular flexibility index (Phi) is 8.20. The second-order valence-corrected chi connectivity index (χ2v) is 20.8. The number of fused-ring (bicyclic) bond motifs is 6. The number of allylic oxidation sites excluding steroid dienone is 1. The van der Waals surface area contributed by atoms with Gasteiger partial charge in [-0.2, -0.15) is 5.26 Å². The molecule has 61 heavy (non-hydrogen) atoms. The average molecular weight is 808 g/mol. The van der Waals surface area contributed by atoms with Gasteiger partial charge in [-0.05, 0) is 137 Å². The van der Waals surface area contributed by atoms with Crippen molar-refractivity contribution in [2.75, 3.05) is 0 Å². The highest BCUT2D eigenvalue weighted by molar-refractivity contribution is 7.25. The number of thiophene rings is 1. The molecule has 4 fully saturated rings. The maximum atomic E-state index is 9.49. The molecule has 4 bridgehead atoms. The highest BCUT2D eigenvalue weighted by atomic mass is 32.1. The lowest BCUT2D eigenvalue weighted by Crippen LogP contribution is -2.55. The molecule has 2 heterocycles. The number of aliphatic imine (C=N–C) groups is 2. The first-order valence-corrected chi connectivity index (χ1v) is 23.2. The Labute approximate surface area is 363 Å². The van der Waals surface area contributed by atoms with Gasteiger partial charge >= 0.3 is 0 Å². The van der Waals surface area contributed by atoms with Crippen molar-refractivity contribution in [2.45, 2.75) is 82.0 Å². The van der Waals surface area contributed by atoms with E-state index < -0.39 is 0 Å². The van der Waals surface area contributed by atoms with E-state index in [-0.39, 0.29) is 22.2 Å². The first kappa shape index (κ1) is 36.9. The van der Waals surface area contributed by atoms with Crippen molar-refractivity contribution < 1.29 is 0 Å². The van der Waals surface area contributed by atoms with Gasteiger partial charge in [-0.1, -0.05) is 130 Å². The third-order valence-electron chi connectivity index (χ3n) is 15.6. The van der Waals surface area contributed by atoms with Crippen molar-refractivity contribution in [1.82, 2.24) is 0 Å². The van der Waals surface area contributed by atoms with Crippen LogP contribution >= 0.6 is 11.3 Å². The molecule has 4 heteroatoms. The Morgan fingerprint density at radius 2 is 1.28 bits per heavy atom. The molecule has 13 rings (SSSR count). The molecule has 0 saturated heterocycles. The largest absolute Gasteiger partial charge is 0.232 e. The van der Waals surface area contributed by atoms with Gasteiger partial charge in [0.1, 0.15) is 0 Å². The van der Waals surface area contributed by atoms with Crippen LogP contribution in [0.25, 0.3) is 37.0 Å². The highest BCUT2D eigenvalue weighted by Gasteiger charge is 2.58. The van der Waals surface area contributed by atoms with E-state index in [4.69, 9.17) is 9.98 Å². The summed E-state index contributed by atoms with van der Waals surface area (Å²) in [6, 6.07) is 51.7. The van der Waals surface area contributed by atoms with Crippen molar-refractivity contribution in [2.24, 2.45) is 27.7 Å². The predicted molar refractivity (Wildman–Crippen MR) is 254 cm³/mol. The zero-order valence-corrected chi connectivity index (χ0v) is 36.0. The number of nitriles is 1. The first-order chi connectivity index (χ1) is 29.7. The van der Waals surface area contributed by atoms with Gasteiger partial charge < -0.3 is 0 Å². The standard InChI is InChI=1S/C57H49N3S/c1-35-13-24-50(59-54(39-9-5-4-6-10-39)60-53(35)41-17-21-45-44-11-7-8-12-48(44)55(2,3)49(45)26-41)40-16-22-46-47-23-20-43(28-52(47)61-51(46)27-40)57-31-37-25-38(32-57)30-56(29-37,34-57)42-18-14-36(33-58)15-19-42/h4-12,14-24,26-28,35,37-38H,13,25,29-32,34H2,1-3H3/b50-24+,59-54?,60-53?. The van der Waals surface area contributed by atoms with Crippen molar-refractivity contribution in [1.29, 1.82) is 5.26 Å². The summed E-state index contributed by atoms with van der Waals surface area (Å²) < 4.78 is 2.69. The van der Waals surface area contributed by atoms with Crippen LogP contribution in [0.1, 0.15) is 110 Å². The lowest BCUT2D eigenvalue weighted by molar-refractivity contribution is -0.0280. The fourth-order valence-electron chi connectivity index (χ4n) is 13.0. The molecule has 1 aromatic heterocycles. The Balaban J connectivity index is 0.902. The molecule has 0 N–H and O–H groups in total. The molecule has 5 aliphatic carbocycles. The van der Waals surface area contributed by atoms with E-state index in [0.717, 1.165) is 52.2 Å². The molecular weight excluding hydrogens is 759 g/mol. The molecular formula is C57H49N3S. The van der Waals surface area contributed by atoms with Crippen molar-refractivity contribution >= 4 is 48.8 Å². The molecule has 3 nitrogen and oxygen atoms in total. The normalized spacial score (nSPS) is 26.7. The summed E-state index contributed by atoms with van der Waals surface area (Å²) in [6.45, 7) is 7.01. The summed E-state index contributed by atoms with van der Waals surface area (Å²) >= 11 is 1.93. The minimum atomic E-state index is -0.0750. The molecule has 6 aromatic carbocycles. The predicted octanol–water partition coefficient (Wildman–Crippen LogP) is 14.3. The van der Waals surface area contributed by atoms with Crippen LogP contribution in [0.2, 0.25) is 0 Å². The molecule has 4 saturated carbocycles. The monoisotopic (exact) mass is 807 g/mol. The van der Waals surface area contributed by atoms with Crippen LogP contribution in [0.3, 0.4) is 0 Å². The molecule has 6 aliphatic rings. The number of benzene rings is 6. The van der Waals surface area contributed by atoms with Crippen molar-refractivity contribution in [3.05, 3.63) is 184 Å². The zero-order chi connectivity index (χ0) is 41.1. The molecule has 0 spiro atoms. The molecule has 7 aromatic rings. The first-order valence-electron chi connectivity index (χ1n) is 22.3. The van der Waals surface area contributed by atoms with E-state index >= 15 is 0 Å². The molecule has 1 aliphatic heterocycles. The van der Waals surface area contributed by atoms with Gasteiger partial charge in [0.25, 0.3) is 0 Å². The summed E-state index contributed by atoms with van der Waals surface area (Å²) in [4.78, 5) is 10.9. The van der Waals surface area contributed by atoms with Crippen LogP contribution in [0.4, 0.5) is 0 Å². The Bertz CT molecular complexity index is 3070. The van der Waals surface area contributed by atoms with Crippen LogP contribution in [0.5, 0.6) is 0 Å². The van der Waals surface area contributed by atoms with E-state index in [1.54, 1.807) is 0 Å². The van der Waals surface area contributed by atoms with Gasteiger partial charge in [-0.15, -0.1) is 11.3 Å². The molecule has 0 radical (unpaired) electrons. The smallest absolute Gasteiger partial charge is 0.160 e. The third-order valence-corrected chi connectivity index (χ3v) is 16.7. The fourth-order valence-corrected chi connectivity index (χ4v) is 14.2. The van der Waals surface area contributed by atoms with Gasteiger partial charge in [0.05, 0.1) is 23.0 Å². The maximum absolute atomic E-state index is 9.49. The Hall–Kier alpha value is -5.89. The number of rotatable bonds is 5. The summed E-state index contributed by atoms with van der Waals surface area (Å²) in [5.41, 5.74) is 15.0. The third kappa shape index (κ3) is 5.80. The summed E-state index contributed by atoms with van der Waals surface area (Å²) in [5, 5.41) is 12.2. The number of amidine groups is 1. The zero-order valence-electron chi connectivity index (χ0n) is 35.2. The number of nitrogens with zero attached hydrogens (tertiary/aromatic N) is 3. The molecule has 3 atom stereocenters. The Morgan fingerprint density at radius 1 is 0.623 bits per heavy atom. The van der Waals surface area contributed by atoms with Gasteiger partial charge in [-0.25, -0.2) is 9.98 Å². The van der Waals surface area contributed by atoms with Gasteiger partial charge in [-0.3, -0.25) is 0 Å². The van der Waals surface area contributed by atoms with Crippen molar-refractivity contribution in [3.8, 4) is 17.2 Å². The van der Waals surface area contributed by atoms with Crippen LogP contribution in [0.15, 0.2) is 150 Å². The van der Waals surface area contributed by atoms with E-state index in [9.17, 15) is 5.26 Å². The van der Waals surface area contributed by atoms with Crippen molar-refractivity contribution in [3.63, 3.8) is 0 Å². The number of hydrogen-bond acceptors (Lipinski definition) is 4. The molecule has 298 valence electrons. The van der Waals surface area contributed by atoms with Crippen LogP contribution in [-0.2, 0) is 16.2 Å². The van der Waals surface area contributed by atoms with Gasteiger partial charge in [0, 0.05) is 42.6 Å². The van der Waals surface area contributed by atoms with E-state index in [1.165, 1.54) is 97.6 Å². The van der Waals surface area contributed by atoms with E-state index in [1.807, 2.05) is 23.5 Å². The fraction of sp³-hybridized carbons (Fsp3) is 0.281. The quantitative estimate of drug-likeness (QED) is 0.171. The number of hydrogen-bond donors (Lipinski definition) is 0. The second-order valence-electron chi connectivity index (χ2n) is 19.7. The minimum Gasteiger partial charge on any atom is -0.232 e. The maximum Gasteiger partial charge on any atom is 0.160 e.